The zero-order valence-corrected chi connectivity index (χ0v) is 13.6. The Balaban J connectivity index is 1.85. The summed E-state index contributed by atoms with van der Waals surface area (Å²) < 4.78 is 21.4. The molecule has 25 heavy (non-hydrogen) atoms. The van der Waals surface area contributed by atoms with Crippen LogP contribution in [-0.2, 0) is 13.2 Å². The molecule has 0 unspecified atom stereocenters. The molecule has 0 atom stereocenters. The molecular formula is C19H16FN3O2. The highest BCUT2D eigenvalue weighted by Gasteiger charge is 2.19. The molecule has 126 valence electrons. The number of rotatable bonds is 4. The average molecular weight is 337 g/mol. The Morgan fingerprint density at radius 2 is 1.88 bits per heavy atom. The number of benzene rings is 2. The van der Waals surface area contributed by atoms with Crippen molar-refractivity contribution in [3.05, 3.63) is 71.4 Å². The Labute approximate surface area is 143 Å². The number of aromatic nitrogens is 3. The molecule has 0 aliphatic heterocycles. The van der Waals surface area contributed by atoms with Gasteiger partial charge in [0.05, 0.1) is 18.7 Å². The third-order valence-electron chi connectivity index (χ3n) is 4.18. The Morgan fingerprint density at radius 3 is 2.64 bits per heavy atom. The summed E-state index contributed by atoms with van der Waals surface area (Å²) in [6.45, 7) is 1.86. The van der Waals surface area contributed by atoms with Gasteiger partial charge in [-0.2, -0.15) is 5.10 Å². The molecule has 2 heterocycles. The lowest BCUT2D eigenvalue weighted by molar-refractivity contribution is 0.275. The van der Waals surface area contributed by atoms with Crippen LogP contribution < -0.4 is 0 Å². The largest absolute Gasteiger partial charge is 0.440 e. The maximum absolute atomic E-state index is 14.0. The van der Waals surface area contributed by atoms with Crippen molar-refractivity contribution in [3.8, 4) is 11.6 Å². The quantitative estimate of drug-likeness (QED) is 0.617. The van der Waals surface area contributed by atoms with Gasteiger partial charge in [-0.3, -0.25) is 4.68 Å². The topological polar surface area (TPSA) is 64.1 Å². The summed E-state index contributed by atoms with van der Waals surface area (Å²) in [6, 6.07) is 14.3. The van der Waals surface area contributed by atoms with Crippen LogP contribution in [0.25, 0.3) is 22.5 Å². The Hall–Kier alpha value is -2.99. The average Bonchev–Trinajstić information content (AvgIpc) is 3.18. The van der Waals surface area contributed by atoms with Gasteiger partial charge in [-0.05, 0) is 19.1 Å². The molecule has 1 N–H and O–H groups in total. The molecule has 4 rings (SSSR count). The summed E-state index contributed by atoms with van der Waals surface area (Å²) >= 11 is 0. The second kappa shape index (κ2) is 6.14. The first-order chi connectivity index (χ1) is 12.2. The summed E-state index contributed by atoms with van der Waals surface area (Å²) in [4.78, 5) is 4.32. The number of nitrogens with zero attached hydrogens (tertiary/aromatic N) is 3. The molecule has 2 aromatic heterocycles. The van der Waals surface area contributed by atoms with E-state index in [-0.39, 0.29) is 12.4 Å². The number of aliphatic hydroxyl groups excluding tert-OH is 1. The first-order valence-electron chi connectivity index (χ1n) is 7.94. The van der Waals surface area contributed by atoms with Crippen molar-refractivity contribution in [2.45, 2.75) is 20.1 Å². The van der Waals surface area contributed by atoms with Crippen molar-refractivity contribution < 1.29 is 13.9 Å². The monoisotopic (exact) mass is 337 g/mol. The summed E-state index contributed by atoms with van der Waals surface area (Å²) in [7, 11) is 0. The first-order valence-corrected chi connectivity index (χ1v) is 7.94. The molecule has 0 saturated heterocycles. The van der Waals surface area contributed by atoms with Crippen LogP contribution >= 0.6 is 0 Å². The Kier molecular flexibility index (Phi) is 3.82. The van der Waals surface area contributed by atoms with E-state index in [9.17, 15) is 9.50 Å². The van der Waals surface area contributed by atoms with Crippen molar-refractivity contribution in [2.75, 3.05) is 0 Å². The number of aliphatic hydroxyl groups is 1. The minimum atomic E-state index is -0.266. The number of halogens is 1. The second-order valence-corrected chi connectivity index (χ2v) is 5.79. The van der Waals surface area contributed by atoms with Gasteiger partial charge in [0.2, 0.25) is 5.89 Å². The zero-order chi connectivity index (χ0) is 17.4. The fraction of sp³-hybridized carbons (Fsp3) is 0.158. The highest BCUT2D eigenvalue weighted by Crippen LogP contribution is 2.29. The van der Waals surface area contributed by atoms with Gasteiger partial charge in [-0.15, -0.1) is 0 Å². The van der Waals surface area contributed by atoms with Crippen molar-refractivity contribution in [2.24, 2.45) is 0 Å². The number of hydrogen-bond donors (Lipinski definition) is 1. The summed E-state index contributed by atoms with van der Waals surface area (Å²) in [5.41, 5.74) is 2.49. The smallest absolute Gasteiger partial charge is 0.248 e. The van der Waals surface area contributed by atoms with E-state index >= 15 is 0 Å². The van der Waals surface area contributed by atoms with Gasteiger partial charge in [0.25, 0.3) is 0 Å². The maximum Gasteiger partial charge on any atom is 0.248 e. The van der Waals surface area contributed by atoms with Gasteiger partial charge in [-0.25, -0.2) is 9.37 Å². The van der Waals surface area contributed by atoms with Crippen LogP contribution in [0.3, 0.4) is 0 Å². The van der Waals surface area contributed by atoms with Crippen LogP contribution in [0.4, 0.5) is 4.39 Å². The van der Waals surface area contributed by atoms with Gasteiger partial charge >= 0.3 is 0 Å². The zero-order valence-electron chi connectivity index (χ0n) is 13.6. The Bertz CT molecular complexity index is 1050. The number of oxazole rings is 1. The van der Waals surface area contributed by atoms with E-state index < -0.39 is 0 Å². The van der Waals surface area contributed by atoms with Crippen LogP contribution in [-0.4, -0.2) is 19.9 Å². The van der Waals surface area contributed by atoms with Crippen LogP contribution in [0.5, 0.6) is 0 Å². The van der Waals surface area contributed by atoms with Crippen molar-refractivity contribution in [3.63, 3.8) is 0 Å². The predicted molar refractivity (Wildman–Crippen MR) is 91.4 cm³/mol. The van der Waals surface area contributed by atoms with Crippen LogP contribution in [0.1, 0.15) is 17.0 Å². The maximum atomic E-state index is 14.0. The van der Waals surface area contributed by atoms with Crippen LogP contribution in [0, 0.1) is 12.7 Å². The lowest BCUT2D eigenvalue weighted by atomic mass is 10.2. The van der Waals surface area contributed by atoms with Crippen LogP contribution in [0.15, 0.2) is 52.9 Å². The Morgan fingerprint density at radius 1 is 1.12 bits per heavy atom. The molecular weight excluding hydrogens is 321 g/mol. The molecule has 5 nitrogen and oxygen atoms in total. The molecule has 0 bridgehead atoms. The van der Waals surface area contributed by atoms with Crippen molar-refractivity contribution in [1.82, 2.24) is 14.8 Å². The minimum absolute atomic E-state index is 0.191. The fourth-order valence-corrected chi connectivity index (χ4v) is 2.87. The normalized spacial score (nSPS) is 11.3. The number of fused-ring (bicyclic) bond motifs is 1. The third-order valence-corrected chi connectivity index (χ3v) is 4.18. The van der Waals surface area contributed by atoms with Crippen LogP contribution in [0.2, 0.25) is 0 Å². The van der Waals surface area contributed by atoms with Gasteiger partial charge in [0.1, 0.15) is 17.3 Å². The standard InChI is InChI=1S/C19H16FN3O2/c1-12-16(11-24)21-19(25-12)18-14-7-3-5-9-17(14)23(22-18)10-13-6-2-4-8-15(13)20/h2-9,24H,10-11H2,1H3. The lowest BCUT2D eigenvalue weighted by Crippen LogP contribution is -2.03. The van der Waals surface area contributed by atoms with Gasteiger partial charge in [0, 0.05) is 10.9 Å². The van der Waals surface area contributed by atoms with E-state index in [1.165, 1.54) is 6.07 Å². The SMILES string of the molecule is Cc1oc(-c2nn(Cc3ccccc3F)c3ccccc23)nc1CO. The summed E-state index contributed by atoms with van der Waals surface area (Å²) in [5.74, 6) is 0.647. The second-order valence-electron chi connectivity index (χ2n) is 5.79. The molecule has 0 amide bonds. The summed E-state index contributed by atoms with van der Waals surface area (Å²) in [5, 5.41) is 14.8. The van der Waals surface area contributed by atoms with E-state index in [1.54, 1.807) is 29.8 Å². The third kappa shape index (κ3) is 2.70. The number of para-hydroxylation sites is 1. The first kappa shape index (κ1) is 15.5. The fourth-order valence-electron chi connectivity index (χ4n) is 2.87. The number of hydrogen-bond acceptors (Lipinski definition) is 4. The van der Waals surface area contributed by atoms with E-state index in [1.807, 2.05) is 24.3 Å². The van der Waals surface area contributed by atoms with Gasteiger partial charge in [0.15, 0.2) is 5.69 Å². The van der Waals surface area contributed by atoms with E-state index in [0.717, 1.165) is 10.9 Å². The molecule has 0 spiro atoms. The highest BCUT2D eigenvalue weighted by atomic mass is 19.1. The minimum Gasteiger partial charge on any atom is -0.440 e. The molecule has 0 aliphatic carbocycles. The predicted octanol–water partition coefficient (Wildman–Crippen LogP) is 3.68. The molecule has 2 aromatic carbocycles. The number of aryl methyl sites for hydroxylation is 1. The van der Waals surface area contributed by atoms with Crippen molar-refractivity contribution in [1.29, 1.82) is 0 Å². The van der Waals surface area contributed by atoms with E-state index in [2.05, 4.69) is 10.1 Å². The molecule has 0 radical (unpaired) electrons. The van der Waals surface area contributed by atoms with Gasteiger partial charge < -0.3 is 9.52 Å². The lowest BCUT2D eigenvalue weighted by Gasteiger charge is -2.04. The van der Waals surface area contributed by atoms with Gasteiger partial charge in [-0.1, -0.05) is 36.4 Å². The van der Waals surface area contributed by atoms with Crippen molar-refractivity contribution >= 4 is 10.9 Å². The highest BCUT2D eigenvalue weighted by molar-refractivity contribution is 5.91. The van der Waals surface area contributed by atoms with E-state index in [4.69, 9.17) is 4.42 Å². The molecule has 0 aliphatic rings. The molecule has 0 fully saturated rings. The molecule has 6 heteroatoms. The molecule has 4 aromatic rings. The van der Waals surface area contributed by atoms with E-state index in [0.29, 0.717) is 35.1 Å². The summed E-state index contributed by atoms with van der Waals surface area (Å²) in [6.07, 6.45) is 0. The molecule has 0 saturated carbocycles.